The summed E-state index contributed by atoms with van der Waals surface area (Å²) in [5.41, 5.74) is 0. The first-order valence-electron chi connectivity index (χ1n) is 4.71. The lowest BCUT2D eigenvalue weighted by Gasteiger charge is -2.26. The Morgan fingerprint density at radius 3 is 2.50 bits per heavy atom. The molecule has 0 heterocycles. The van der Waals surface area contributed by atoms with E-state index in [-0.39, 0.29) is 6.10 Å². The smallest absolute Gasteiger partial charge is 0.0617 e. The minimum absolute atomic E-state index is 0.254. The highest BCUT2D eigenvalue weighted by Gasteiger charge is 2.21. The van der Waals surface area contributed by atoms with Gasteiger partial charge in [0.05, 0.1) is 6.10 Å². The van der Waals surface area contributed by atoms with Crippen LogP contribution in [0.2, 0.25) is 0 Å². The number of aliphatic hydroxyl groups is 1. The molecule has 1 rings (SSSR count). The fourth-order valence-corrected chi connectivity index (χ4v) is 2.07. The normalized spacial score (nSPS) is 22.2. The summed E-state index contributed by atoms with van der Waals surface area (Å²) in [4.78, 5) is 0. The van der Waals surface area contributed by atoms with Crippen LogP contribution in [0.1, 0.15) is 38.5 Å². The molecule has 1 nitrogen and oxygen atoms in total. The number of hydrogen-bond donors (Lipinski definition) is 1. The second-order valence-corrected chi connectivity index (χ2v) is 4.22. The summed E-state index contributed by atoms with van der Waals surface area (Å²) in [5, 5.41) is 10.3. The third-order valence-electron chi connectivity index (χ3n) is 2.62. The molecule has 1 saturated carbocycles. The molecule has 0 spiro atoms. The second-order valence-electron chi connectivity index (χ2n) is 3.69. The Labute approximate surface area is 79.4 Å². The molecule has 0 bridgehead atoms. The van der Waals surface area contributed by atoms with Crippen LogP contribution in [0.4, 0.5) is 0 Å². The van der Waals surface area contributed by atoms with Crippen LogP contribution in [0, 0.1) is 5.92 Å². The highest BCUT2D eigenvalue weighted by molar-refractivity contribution is 6.29. The van der Waals surface area contributed by atoms with Crippen molar-refractivity contribution >= 4 is 11.6 Å². The fraction of sp³-hybridized carbons (Fsp3) is 0.800. The molecule has 70 valence electrons. The zero-order valence-corrected chi connectivity index (χ0v) is 8.19. The number of halogens is 1. The fourth-order valence-electron chi connectivity index (χ4n) is 1.91. The van der Waals surface area contributed by atoms with Crippen molar-refractivity contribution in [2.24, 2.45) is 5.92 Å². The molecular weight excluding hydrogens is 172 g/mol. The molecule has 0 amide bonds. The average Bonchev–Trinajstić information content (AvgIpc) is 2.05. The minimum atomic E-state index is -0.254. The Morgan fingerprint density at radius 2 is 2.00 bits per heavy atom. The Kier molecular flexibility index (Phi) is 4.10. The lowest BCUT2D eigenvalue weighted by molar-refractivity contribution is 0.0866. The van der Waals surface area contributed by atoms with Crippen molar-refractivity contribution in [3.05, 3.63) is 11.6 Å². The van der Waals surface area contributed by atoms with Crippen molar-refractivity contribution in [3.8, 4) is 0 Å². The average molecular weight is 189 g/mol. The van der Waals surface area contributed by atoms with Crippen LogP contribution in [0.3, 0.4) is 0 Å². The summed E-state index contributed by atoms with van der Waals surface area (Å²) in [6.45, 7) is 3.60. The second kappa shape index (κ2) is 4.88. The molecule has 0 aromatic carbocycles. The Bertz CT molecular complexity index is 150. The topological polar surface area (TPSA) is 20.2 Å². The molecule has 2 heteroatoms. The van der Waals surface area contributed by atoms with Crippen LogP contribution in [-0.4, -0.2) is 11.2 Å². The molecule has 0 aromatic rings. The van der Waals surface area contributed by atoms with Gasteiger partial charge in [0.15, 0.2) is 0 Å². The van der Waals surface area contributed by atoms with Crippen molar-refractivity contribution in [3.63, 3.8) is 0 Å². The highest BCUT2D eigenvalue weighted by atomic mass is 35.5. The van der Waals surface area contributed by atoms with E-state index in [1.807, 2.05) is 0 Å². The standard InChI is InChI=1S/C10H17ClO/c1-8(11)7-10(12)9-5-3-2-4-6-9/h9-10,12H,1-7H2. The van der Waals surface area contributed by atoms with Gasteiger partial charge in [-0.1, -0.05) is 37.4 Å². The van der Waals surface area contributed by atoms with E-state index in [0.717, 1.165) is 12.8 Å². The minimum Gasteiger partial charge on any atom is -0.392 e. The molecule has 12 heavy (non-hydrogen) atoms. The lowest BCUT2D eigenvalue weighted by atomic mass is 9.84. The van der Waals surface area contributed by atoms with Crippen molar-refractivity contribution in [2.45, 2.75) is 44.6 Å². The Hall–Kier alpha value is -0.0100. The molecule has 1 unspecified atom stereocenters. The zero-order valence-electron chi connectivity index (χ0n) is 7.43. The zero-order chi connectivity index (χ0) is 8.97. The van der Waals surface area contributed by atoms with Crippen LogP contribution in [0.25, 0.3) is 0 Å². The van der Waals surface area contributed by atoms with Crippen LogP contribution in [0.15, 0.2) is 11.6 Å². The maximum absolute atomic E-state index is 9.70. The van der Waals surface area contributed by atoms with Gasteiger partial charge in [-0.3, -0.25) is 0 Å². The number of rotatable bonds is 3. The van der Waals surface area contributed by atoms with E-state index in [1.165, 1.54) is 19.3 Å². The molecule has 0 aromatic heterocycles. The molecule has 1 aliphatic carbocycles. The van der Waals surface area contributed by atoms with Crippen LogP contribution in [-0.2, 0) is 0 Å². The van der Waals surface area contributed by atoms with Crippen molar-refractivity contribution in [1.82, 2.24) is 0 Å². The molecule has 1 aliphatic rings. The van der Waals surface area contributed by atoms with E-state index in [0.29, 0.717) is 17.4 Å². The molecule has 1 N–H and O–H groups in total. The van der Waals surface area contributed by atoms with E-state index in [4.69, 9.17) is 11.6 Å². The molecule has 0 radical (unpaired) electrons. The predicted octanol–water partition coefficient (Wildman–Crippen LogP) is 3.07. The third kappa shape index (κ3) is 3.16. The maximum Gasteiger partial charge on any atom is 0.0617 e. The molecule has 1 atom stereocenters. The predicted molar refractivity (Wildman–Crippen MR) is 52.2 cm³/mol. The monoisotopic (exact) mass is 188 g/mol. The van der Waals surface area contributed by atoms with E-state index in [1.54, 1.807) is 0 Å². The lowest BCUT2D eigenvalue weighted by Crippen LogP contribution is -2.22. The van der Waals surface area contributed by atoms with E-state index in [2.05, 4.69) is 6.58 Å². The van der Waals surface area contributed by atoms with Crippen molar-refractivity contribution in [2.75, 3.05) is 0 Å². The highest BCUT2D eigenvalue weighted by Crippen LogP contribution is 2.29. The largest absolute Gasteiger partial charge is 0.392 e. The van der Waals surface area contributed by atoms with Gasteiger partial charge in [0.25, 0.3) is 0 Å². The summed E-state index contributed by atoms with van der Waals surface area (Å²) < 4.78 is 0. The van der Waals surface area contributed by atoms with Gasteiger partial charge in [0.1, 0.15) is 0 Å². The molecule has 1 fully saturated rings. The van der Waals surface area contributed by atoms with Gasteiger partial charge in [-0.15, -0.1) is 0 Å². The van der Waals surface area contributed by atoms with Gasteiger partial charge < -0.3 is 5.11 Å². The van der Waals surface area contributed by atoms with Crippen LogP contribution >= 0.6 is 11.6 Å². The number of hydrogen-bond acceptors (Lipinski definition) is 1. The van der Waals surface area contributed by atoms with E-state index >= 15 is 0 Å². The van der Waals surface area contributed by atoms with Gasteiger partial charge in [0.2, 0.25) is 0 Å². The summed E-state index contributed by atoms with van der Waals surface area (Å²) >= 11 is 5.64. The first-order valence-corrected chi connectivity index (χ1v) is 5.09. The van der Waals surface area contributed by atoms with Gasteiger partial charge in [-0.05, 0) is 18.8 Å². The van der Waals surface area contributed by atoms with Gasteiger partial charge >= 0.3 is 0 Å². The maximum atomic E-state index is 9.70. The quantitative estimate of drug-likeness (QED) is 0.722. The Morgan fingerprint density at radius 1 is 1.42 bits per heavy atom. The van der Waals surface area contributed by atoms with E-state index in [9.17, 15) is 5.11 Å². The van der Waals surface area contributed by atoms with Crippen LogP contribution in [0.5, 0.6) is 0 Å². The summed E-state index contributed by atoms with van der Waals surface area (Å²) in [6.07, 6.45) is 6.47. The molecular formula is C10H17ClO. The van der Waals surface area contributed by atoms with Gasteiger partial charge in [0, 0.05) is 11.5 Å². The van der Waals surface area contributed by atoms with E-state index < -0.39 is 0 Å². The molecule has 0 saturated heterocycles. The summed E-state index contributed by atoms with van der Waals surface area (Å²) in [7, 11) is 0. The van der Waals surface area contributed by atoms with Gasteiger partial charge in [-0.25, -0.2) is 0 Å². The van der Waals surface area contributed by atoms with Crippen molar-refractivity contribution in [1.29, 1.82) is 0 Å². The first-order chi connectivity index (χ1) is 5.70. The third-order valence-corrected chi connectivity index (χ3v) is 2.78. The number of aliphatic hydroxyl groups excluding tert-OH is 1. The van der Waals surface area contributed by atoms with Gasteiger partial charge in [-0.2, -0.15) is 0 Å². The SMILES string of the molecule is C=C(Cl)CC(O)C1CCCCC1. The Balaban J connectivity index is 2.29. The first kappa shape index (κ1) is 10.1. The van der Waals surface area contributed by atoms with Crippen LogP contribution < -0.4 is 0 Å². The molecule has 0 aliphatic heterocycles. The summed E-state index contributed by atoms with van der Waals surface area (Å²) in [5.74, 6) is 0.467. The summed E-state index contributed by atoms with van der Waals surface area (Å²) in [6, 6.07) is 0. The van der Waals surface area contributed by atoms with Crippen molar-refractivity contribution < 1.29 is 5.11 Å².